The Morgan fingerprint density at radius 2 is 1.76 bits per heavy atom. The average molecular weight is 297 g/mol. The maximum Gasteiger partial charge on any atom is 0.410 e. The predicted molar refractivity (Wildman–Crippen MR) is 84.5 cm³/mol. The Bertz CT molecular complexity index is 327. The summed E-state index contributed by atoms with van der Waals surface area (Å²) in [5, 5.41) is 3.39. The van der Waals surface area contributed by atoms with E-state index in [4.69, 9.17) is 4.74 Å². The van der Waals surface area contributed by atoms with E-state index in [9.17, 15) is 4.79 Å². The van der Waals surface area contributed by atoms with Crippen LogP contribution < -0.4 is 5.32 Å². The SMILES string of the molecule is CC(C)(C)OC(=O)N1CCC(CCN2CCNCC2)CC1. The maximum atomic E-state index is 12.0. The van der Waals surface area contributed by atoms with Crippen LogP contribution in [0.25, 0.3) is 0 Å². The third-order valence-corrected chi connectivity index (χ3v) is 4.33. The summed E-state index contributed by atoms with van der Waals surface area (Å²) >= 11 is 0. The Balaban J connectivity index is 1.64. The van der Waals surface area contributed by atoms with Crippen LogP contribution in [0.2, 0.25) is 0 Å². The summed E-state index contributed by atoms with van der Waals surface area (Å²) in [5.74, 6) is 0.763. The predicted octanol–water partition coefficient (Wildman–Crippen LogP) is 1.93. The van der Waals surface area contributed by atoms with Crippen molar-refractivity contribution in [1.82, 2.24) is 15.1 Å². The molecule has 2 aliphatic rings. The minimum absolute atomic E-state index is 0.150. The van der Waals surface area contributed by atoms with E-state index in [1.165, 1.54) is 26.1 Å². The number of carbonyl (C=O) groups is 1. The van der Waals surface area contributed by atoms with Gasteiger partial charge in [0.05, 0.1) is 0 Å². The first-order chi connectivity index (χ1) is 9.94. The smallest absolute Gasteiger partial charge is 0.410 e. The third kappa shape index (κ3) is 5.83. The third-order valence-electron chi connectivity index (χ3n) is 4.33. The maximum absolute atomic E-state index is 12.0. The molecule has 0 aromatic heterocycles. The van der Waals surface area contributed by atoms with E-state index < -0.39 is 5.60 Å². The molecule has 0 aromatic rings. The van der Waals surface area contributed by atoms with Crippen LogP contribution in [0.3, 0.4) is 0 Å². The van der Waals surface area contributed by atoms with E-state index in [2.05, 4.69) is 10.2 Å². The number of likely N-dealkylation sites (tertiary alicyclic amines) is 1. The molecule has 2 fully saturated rings. The Morgan fingerprint density at radius 3 is 2.33 bits per heavy atom. The Hall–Kier alpha value is -0.810. The lowest BCUT2D eigenvalue weighted by molar-refractivity contribution is 0.0177. The van der Waals surface area contributed by atoms with Gasteiger partial charge in [0.15, 0.2) is 0 Å². The average Bonchev–Trinajstić information content (AvgIpc) is 2.45. The van der Waals surface area contributed by atoms with E-state index in [0.29, 0.717) is 0 Å². The summed E-state index contributed by atoms with van der Waals surface area (Å²) < 4.78 is 5.44. The zero-order chi connectivity index (χ0) is 15.3. The molecule has 5 nitrogen and oxygen atoms in total. The van der Waals surface area contributed by atoms with E-state index in [0.717, 1.165) is 44.9 Å². The molecule has 2 aliphatic heterocycles. The lowest BCUT2D eigenvalue weighted by Crippen LogP contribution is -2.45. The Labute approximate surface area is 129 Å². The van der Waals surface area contributed by atoms with Crippen LogP contribution in [0, 0.1) is 5.92 Å². The molecule has 122 valence electrons. The number of ether oxygens (including phenoxy) is 1. The van der Waals surface area contributed by atoms with Gasteiger partial charge in [0.25, 0.3) is 0 Å². The highest BCUT2D eigenvalue weighted by atomic mass is 16.6. The van der Waals surface area contributed by atoms with Crippen molar-refractivity contribution in [2.75, 3.05) is 45.8 Å². The molecule has 21 heavy (non-hydrogen) atoms. The summed E-state index contributed by atoms with van der Waals surface area (Å²) in [6.07, 6.45) is 3.35. The minimum Gasteiger partial charge on any atom is -0.444 e. The van der Waals surface area contributed by atoms with Crippen molar-refractivity contribution in [3.8, 4) is 0 Å². The zero-order valence-corrected chi connectivity index (χ0v) is 13.9. The van der Waals surface area contributed by atoms with Gasteiger partial charge in [0.2, 0.25) is 0 Å². The molecule has 0 bridgehead atoms. The van der Waals surface area contributed by atoms with Gasteiger partial charge in [-0.1, -0.05) is 0 Å². The van der Waals surface area contributed by atoms with Crippen molar-refractivity contribution in [1.29, 1.82) is 0 Å². The van der Waals surface area contributed by atoms with Crippen LogP contribution >= 0.6 is 0 Å². The first kappa shape index (κ1) is 16.6. The monoisotopic (exact) mass is 297 g/mol. The lowest BCUT2D eigenvalue weighted by Gasteiger charge is -2.34. The van der Waals surface area contributed by atoms with Crippen molar-refractivity contribution in [2.24, 2.45) is 5.92 Å². The molecule has 0 radical (unpaired) electrons. The van der Waals surface area contributed by atoms with Gasteiger partial charge in [-0.25, -0.2) is 4.79 Å². The summed E-state index contributed by atoms with van der Waals surface area (Å²) in [5.41, 5.74) is -0.393. The van der Waals surface area contributed by atoms with E-state index in [1.54, 1.807) is 0 Å². The van der Waals surface area contributed by atoms with Crippen molar-refractivity contribution >= 4 is 6.09 Å². The largest absolute Gasteiger partial charge is 0.444 e. The normalized spacial score (nSPS) is 22.3. The second-order valence-corrected chi connectivity index (χ2v) is 7.29. The van der Waals surface area contributed by atoms with Crippen LogP contribution in [-0.4, -0.2) is 67.3 Å². The zero-order valence-electron chi connectivity index (χ0n) is 13.9. The highest BCUT2D eigenvalue weighted by Crippen LogP contribution is 2.22. The Kier molecular flexibility index (Phi) is 5.88. The van der Waals surface area contributed by atoms with Crippen LogP contribution in [0.15, 0.2) is 0 Å². The summed E-state index contributed by atoms with van der Waals surface area (Å²) in [6, 6.07) is 0. The number of nitrogens with one attached hydrogen (secondary N) is 1. The number of rotatable bonds is 3. The number of hydrogen-bond acceptors (Lipinski definition) is 4. The Morgan fingerprint density at radius 1 is 1.14 bits per heavy atom. The molecule has 1 N–H and O–H groups in total. The quantitative estimate of drug-likeness (QED) is 0.864. The molecule has 2 heterocycles. The number of carbonyl (C=O) groups excluding carboxylic acids is 1. The molecule has 0 unspecified atom stereocenters. The highest BCUT2D eigenvalue weighted by molar-refractivity contribution is 5.68. The second-order valence-electron chi connectivity index (χ2n) is 7.29. The van der Waals surface area contributed by atoms with Gasteiger partial charge in [-0.15, -0.1) is 0 Å². The summed E-state index contributed by atoms with van der Waals surface area (Å²) in [7, 11) is 0. The molecule has 2 saturated heterocycles. The fraction of sp³-hybridized carbons (Fsp3) is 0.938. The van der Waals surface area contributed by atoms with Crippen LogP contribution in [0.5, 0.6) is 0 Å². The molecular formula is C16H31N3O2. The number of amides is 1. The molecule has 0 aliphatic carbocycles. The van der Waals surface area contributed by atoms with Crippen molar-refractivity contribution in [2.45, 2.75) is 45.6 Å². The number of piperidine rings is 1. The standard InChI is InChI=1S/C16H31N3O2/c1-16(2,3)21-15(20)19-10-5-14(6-11-19)4-9-18-12-7-17-8-13-18/h14,17H,4-13H2,1-3H3. The van der Waals surface area contributed by atoms with E-state index in [1.807, 2.05) is 25.7 Å². The highest BCUT2D eigenvalue weighted by Gasteiger charge is 2.27. The minimum atomic E-state index is -0.393. The fourth-order valence-corrected chi connectivity index (χ4v) is 3.03. The summed E-state index contributed by atoms with van der Waals surface area (Å²) in [6.45, 7) is 13.3. The first-order valence-electron chi connectivity index (χ1n) is 8.35. The lowest BCUT2D eigenvalue weighted by atomic mass is 9.93. The molecule has 0 aromatic carbocycles. The van der Waals surface area contributed by atoms with Gasteiger partial charge < -0.3 is 19.9 Å². The molecule has 0 saturated carbocycles. The van der Waals surface area contributed by atoms with Crippen molar-refractivity contribution in [3.63, 3.8) is 0 Å². The molecular weight excluding hydrogens is 266 g/mol. The summed E-state index contributed by atoms with van der Waals surface area (Å²) in [4.78, 5) is 16.4. The van der Waals surface area contributed by atoms with Crippen LogP contribution in [0.4, 0.5) is 4.79 Å². The molecule has 5 heteroatoms. The molecule has 0 atom stereocenters. The van der Waals surface area contributed by atoms with Gasteiger partial charge in [0, 0.05) is 39.3 Å². The van der Waals surface area contributed by atoms with Gasteiger partial charge in [-0.05, 0) is 52.5 Å². The van der Waals surface area contributed by atoms with E-state index in [-0.39, 0.29) is 6.09 Å². The van der Waals surface area contributed by atoms with Gasteiger partial charge >= 0.3 is 6.09 Å². The van der Waals surface area contributed by atoms with Crippen molar-refractivity contribution in [3.05, 3.63) is 0 Å². The van der Waals surface area contributed by atoms with Crippen LogP contribution in [0.1, 0.15) is 40.0 Å². The molecule has 1 amide bonds. The van der Waals surface area contributed by atoms with Crippen LogP contribution in [-0.2, 0) is 4.74 Å². The van der Waals surface area contributed by atoms with Gasteiger partial charge in [0.1, 0.15) is 5.60 Å². The van der Waals surface area contributed by atoms with Gasteiger partial charge in [-0.3, -0.25) is 0 Å². The number of nitrogens with zero attached hydrogens (tertiary/aromatic N) is 2. The van der Waals surface area contributed by atoms with Gasteiger partial charge in [-0.2, -0.15) is 0 Å². The fourth-order valence-electron chi connectivity index (χ4n) is 3.03. The molecule has 2 rings (SSSR count). The van der Waals surface area contributed by atoms with E-state index >= 15 is 0 Å². The second kappa shape index (κ2) is 7.45. The first-order valence-corrected chi connectivity index (χ1v) is 8.35. The number of hydrogen-bond donors (Lipinski definition) is 1. The number of piperazine rings is 1. The topological polar surface area (TPSA) is 44.8 Å². The molecule has 0 spiro atoms. The van der Waals surface area contributed by atoms with Crippen molar-refractivity contribution < 1.29 is 9.53 Å².